The zero-order valence-corrected chi connectivity index (χ0v) is 15.0. The standard InChI is InChI=1S/C18H26N4O3/c1-4-22(13(2)17(23)19-10-7-11-25-3)12-16-20-15-9-6-5-8-14(15)18(24)21-16/h5-6,8-9,13H,4,7,10-12H2,1-3H3,(H,19,23)(H,20,21,24). The second kappa shape index (κ2) is 9.29. The lowest BCUT2D eigenvalue weighted by molar-refractivity contribution is -0.126. The molecule has 1 heterocycles. The van der Waals surface area contributed by atoms with Crippen LogP contribution in [0.2, 0.25) is 0 Å². The van der Waals surface area contributed by atoms with E-state index in [1.165, 1.54) is 0 Å². The predicted molar refractivity (Wildman–Crippen MR) is 97.4 cm³/mol. The number of benzene rings is 1. The third-order valence-corrected chi connectivity index (χ3v) is 4.17. The van der Waals surface area contributed by atoms with Crippen LogP contribution in [-0.4, -0.2) is 53.6 Å². The topological polar surface area (TPSA) is 87.3 Å². The van der Waals surface area contributed by atoms with Crippen molar-refractivity contribution in [2.45, 2.75) is 32.9 Å². The lowest BCUT2D eigenvalue weighted by atomic mass is 10.2. The number of nitrogens with one attached hydrogen (secondary N) is 2. The van der Waals surface area contributed by atoms with Gasteiger partial charge in [0.1, 0.15) is 5.82 Å². The number of nitrogens with zero attached hydrogens (tertiary/aromatic N) is 2. The number of fused-ring (bicyclic) bond motifs is 1. The maximum atomic E-state index is 12.3. The molecule has 1 atom stereocenters. The molecule has 1 unspecified atom stereocenters. The Morgan fingerprint density at radius 3 is 2.88 bits per heavy atom. The minimum Gasteiger partial charge on any atom is -0.385 e. The summed E-state index contributed by atoms with van der Waals surface area (Å²) in [6.07, 6.45) is 0.778. The predicted octanol–water partition coefficient (Wildman–Crippen LogP) is 1.29. The van der Waals surface area contributed by atoms with Crippen LogP contribution in [-0.2, 0) is 16.1 Å². The lowest BCUT2D eigenvalue weighted by Gasteiger charge is -2.26. The molecule has 136 valence electrons. The molecule has 0 saturated heterocycles. The highest BCUT2D eigenvalue weighted by Crippen LogP contribution is 2.09. The van der Waals surface area contributed by atoms with Gasteiger partial charge in [0.2, 0.25) is 5.91 Å². The van der Waals surface area contributed by atoms with Gasteiger partial charge < -0.3 is 15.0 Å². The van der Waals surface area contributed by atoms with E-state index in [1.54, 1.807) is 13.2 Å². The minimum absolute atomic E-state index is 0.0407. The van der Waals surface area contributed by atoms with Gasteiger partial charge in [0.25, 0.3) is 5.56 Å². The summed E-state index contributed by atoms with van der Waals surface area (Å²) in [6, 6.07) is 6.92. The van der Waals surface area contributed by atoms with Gasteiger partial charge >= 0.3 is 0 Å². The van der Waals surface area contributed by atoms with Crippen molar-refractivity contribution < 1.29 is 9.53 Å². The Balaban J connectivity index is 2.05. The Bertz CT molecular complexity index is 759. The number of rotatable bonds is 9. The summed E-state index contributed by atoms with van der Waals surface area (Å²) in [6.45, 7) is 6.11. The quantitative estimate of drug-likeness (QED) is 0.668. The van der Waals surface area contributed by atoms with Crippen molar-refractivity contribution in [3.8, 4) is 0 Å². The zero-order valence-electron chi connectivity index (χ0n) is 15.0. The number of methoxy groups -OCH3 is 1. The summed E-state index contributed by atoms with van der Waals surface area (Å²) in [5, 5.41) is 3.47. The molecule has 1 aromatic carbocycles. The van der Waals surface area contributed by atoms with E-state index in [2.05, 4.69) is 15.3 Å². The number of H-pyrrole nitrogens is 1. The summed E-state index contributed by atoms with van der Waals surface area (Å²) >= 11 is 0. The van der Waals surface area contributed by atoms with Gasteiger partial charge in [-0.25, -0.2) is 4.98 Å². The van der Waals surface area contributed by atoms with E-state index in [0.29, 0.717) is 43.0 Å². The molecule has 2 rings (SSSR count). The van der Waals surface area contributed by atoms with Crippen LogP contribution in [0.4, 0.5) is 0 Å². The van der Waals surface area contributed by atoms with Crippen LogP contribution in [0, 0.1) is 0 Å². The molecular weight excluding hydrogens is 320 g/mol. The maximum Gasteiger partial charge on any atom is 0.258 e. The lowest BCUT2D eigenvalue weighted by Crippen LogP contribution is -2.45. The van der Waals surface area contributed by atoms with Crippen molar-refractivity contribution in [1.29, 1.82) is 0 Å². The summed E-state index contributed by atoms with van der Waals surface area (Å²) in [5.41, 5.74) is 0.502. The normalized spacial score (nSPS) is 12.5. The fraction of sp³-hybridized carbons (Fsp3) is 0.500. The molecule has 0 spiro atoms. The van der Waals surface area contributed by atoms with Gasteiger partial charge in [0, 0.05) is 20.3 Å². The molecule has 0 bridgehead atoms. The van der Waals surface area contributed by atoms with Crippen LogP contribution in [0.25, 0.3) is 10.9 Å². The van der Waals surface area contributed by atoms with Gasteiger partial charge in [-0.1, -0.05) is 19.1 Å². The second-order valence-corrected chi connectivity index (χ2v) is 5.91. The Labute approximate surface area is 147 Å². The van der Waals surface area contributed by atoms with Crippen molar-refractivity contribution in [2.75, 3.05) is 26.8 Å². The molecule has 7 nitrogen and oxygen atoms in total. The summed E-state index contributed by atoms with van der Waals surface area (Å²) in [7, 11) is 1.64. The smallest absolute Gasteiger partial charge is 0.258 e. The van der Waals surface area contributed by atoms with E-state index >= 15 is 0 Å². The van der Waals surface area contributed by atoms with Crippen molar-refractivity contribution >= 4 is 16.8 Å². The SMILES string of the molecule is CCN(Cc1nc2ccccc2c(=O)[nH]1)C(C)C(=O)NCCCOC. The molecule has 0 aliphatic heterocycles. The largest absolute Gasteiger partial charge is 0.385 e. The first kappa shape index (κ1) is 19.1. The molecule has 0 aliphatic carbocycles. The van der Waals surface area contributed by atoms with Gasteiger partial charge in [-0.3, -0.25) is 14.5 Å². The van der Waals surface area contributed by atoms with E-state index in [4.69, 9.17) is 4.74 Å². The van der Waals surface area contributed by atoms with E-state index < -0.39 is 0 Å². The highest BCUT2D eigenvalue weighted by Gasteiger charge is 2.20. The molecule has 0 saturated carbocycles. The third kappa shape index (κ3) is 5.11. The number of ether oxygens (including phenoxy) is 1. The number of para-hydroxylation sites is 1. The van der Waals surface area contributed by atoms with Crippen LogP contribution in [0.3, 0.4) is 0 Å². The number of hydrogen-bond donors (Lipinski definition) is 2. The molecule has 2 aromatic rings. The van der Waals surface area contributed by atoms with Crippen molar-refractivity contribution in [3.63, 3.8) is 0 Å². The Hall–Kier alpha value is -2.25. The average Bonchev–Trinajstić information content (AvgIpc) is 2.62. The van der Waals surface area contributed by atoms with Crippen LogP contribution in [0.15, 0.2) is 29.1 Å². The summed E-state index contributed by atoms with van der Waals surface area (Å²) in [4.78, 5) is 33.8. The van der Waals surface area contributed by atoms with Gasteiger partial charge in [-0.05, 0) is 32.0 Å². The van der Waals surface area contributed by atoms with Gasteiger partial charge in [0.05, 0.1) is 23.5 Å². The molecule has 1 aromatic heterocycles. The number of aromatic nitrogens is 2. The molecule has 25 heavy (non-hydrogen) atoms. The zero-order chi connectivity index (χ0) is 18.2. The van der Waals surface area contributed by atoms with Crippen molar-refractivity contribution in [3.05, 3.63) is 40.4 Å². The molecular formula is C18H26N4O3. The molecule has 2 N–H and O–H groups in total. The van der Waals surface area contributed by atoms with Crippen molar-refractivity contribution in [1.82, 2.24) is 20.2 Å². The number of likely N-dealkylation sites (N-methyl/N-ethyl adjacent to an activating group) is 1. The van der Waals surface area contributed by atoms with E-state index in [-0.39, 0.29) is 17.5 Å². The highest BCUT2D eigenvalue weighted by molar-refractivity contribution is 5.81. The van der Waals surface area contributed by atoms with E-state index in [1.807, 2.05) is 36.9 Å². The van der Waals surface area contributed by atoms with Gasteiger partial charge in [-0.2, -0.15) is 0 Å². The third-order valence-electron chi connectivity index (χ3n) is 4.17. The number of carbonyl (C=O) groups is 1. The van der Waals surface area contributed by atoms with E-state index in [0.717, 1.165) is 6.42 Å². The molecule has 0 aliphatic rings. The highest BCUT2D eigenvalue weighted by atomic mass is 16.5. The van der Waals surface area contributed by atoms with E-state index in [9.17, 15) is 9.59 Å². The first-order chi connectivity index (χ1) is 12.1. The molecule has 0 fully saturated rings. The Morgan fingerprint density at radius 1 is 1.40 bits per heavy atom. The Kier molecular flexibility index (Phi) is 7.09. The number of hydrogen-bond acceptors (Lipinski definition) is 5. The molecule has 7 heteroatoms. The van der Waals surface area contributed by atoms with Gasteiger partial charge in [0.15, 0.2) is 0 Å². The average molecular weight is 346 g/mol. The number of aromatic amines is 1. The molecule has 1 amide bonds. The maximum absolute atomic E-state index is 12.3. The minimum atomic E-state index is -0.315. The fourth-order valence-corrected chi connectivity index (χ4v) is 2.67. The van der Waals surface area contributed by atoms with Crippen LogP contribution < -0.4 is 10.9 Å². The van der Waals surface area contributed by atoms with Crippen LogP contribution >= 0.6 is 0 Å². The monoisotopic (exact) mass is 346 g/mol. The van der Waals surface area contributed by atoms with Gasteiger partial charge in [-0.15, -0.1) is 0 Å². The number of carbonyl (C=O) groups excluding carboxylic acids is 1. The summed E-state index contributed by atoms with van der Waals surface area (Å²) in [5.74, 6) is 0.519. The Morgan fingerprint density at radius 2 is 2.16 bits per heavy atom. The first-order valence-electron chi connectivity index (χ1n) is 8.55. The summed E-state index contributed by atoms with van der Waals surface area (Å²) < 4.78 is 4.97. The molecule has 0 radical (unpaired) electrons. The van der Waals surface area contributed by atoms with Crippen LogP contribution in [0.1, 0.15) is 26.1 Å². The first-order valence-corrected chi connectivity index (χ1v) is 8.55. The fourth-order valence-electron chi connectivity index (χ4n) is 2.67. The van der Waals surface area contributed by atoms with Crippen LogP contribution in [0.5, 0.6) is 0 Å². The van der Waals surface area contributed by atoms with Crippen molar-refractivity contribution in [2.24, 2.45) is 0 Å². The number of amides is 1. The second-order valence-electron chi connectivity index (χ2n) is 5.91.